The second-order valence-electron chi connectivity index (χ2n) is 8.32. The first kappa shape index (κ1) is 20.0. The van der Waals surface area contributed by atoms with Gasteiger partial charge in [-0.25, -0.2) is 4.99 Å². The predicted molar refractivity (Wildman–Crippen MR) is 112 cm³/mol. The van der Waals surface area contributed by atoms with Crippen LogP contribution in [0.5, 0.6) is 23.0 Å². The fourth-order valence-corrected chi connectivity index (χ4v) is 3.74. The van der Waals surface area contributed by atoms with E-state index >= 15 is 0 Å². The first-order valence-corrected chi connectivity index (χ1v) is 9.86. The molecule has 0 aliphatic carbocycles. The molecule has 0 bridgehead atoms. The molecule has 0 radical (unpaired) electrons. The van der Waals surface area contributed by atoms with Gasteiger partial charge in [0.1, 0.15) is 28.8 Å². The number of aliphatic imine (C=N–C) groups is 1. The second-order valence-corrected chi connectivity index (χ2v) is 8.32. The van der Waals surface area contributed by atoms with E-state index < -0.39 is 11.4 Å². The zero-order valence-corrected chi connectivity index (χ0v) is 17.0. The van der Waals surface area contributed by atoms with Crippen LogP contribution in [-0.2, 0) is 4.79 Å². The number of phenols is 2. The summed E-state index contributed by atoms with van der Waals surface area (Å²) < 4.78 is 6.01. The van der Waals surface area contributed by atoms with Gasteiger partial charge in [-0.05, 0) is 44.2 Å². The maximum absolute atomic E-state index is 11.4. The normalized spacial score (nSPS) is 16.7. The van der Waals surface area contributed by atoms with E-state index in [1.807, 2.05) is 0 Å². The lowest BCUT2D eigenvalue weighted by atomic mass is 9.93. The third kappa shape index (κ3) is 3.91. The minimum absolute atomic E-state index is 0.0926. The average Bonchev–Trinajstić information content (AvgIpc) is 2.84. The molecular weight excluding hydrogens is 386 g/mol. The van der Waals surface area contributed by atoms with Crippen LogP contribution in [0.1, 0.15) is 19.4 Å². The molecule has 1 saturated heterocycles. The Balaban J connectivity index is 1.63. The summed E-state index contributed by atoms with van der Waals surface area (Å²) in [6.45, 7) is 6.62. The highest BCUT2D eigenvalue weighted by Crippen LogP contribution is 2.41. The van der Waals surface area contributed by atoms with Crippen molar-refractivity contribution >= 4 is 17.5 Å². The Hall–Kier alpha value is -3.26. The highest BCUT2D eigenvalue weighted by atomic mass is 16.5. The summed E-state index contributed by atoms with van der Waals surface area (Å²) in [5.41, 5.74) is 0.366. The van der Waals surface area contributed by atoms with E-state index in [-0.39, 0.29) is 11.5 Å². The number of hydrogen-bond donors (Lipinski definition) is 3. The quantitative estimate of drug-likeness (QED) is 0.713. The third-order valence-electron chi connectivity index (χ3n) is 5.46. The maximum Gasteiger partial charge on any atom is 0.310 e. The molecule has 2 aliphatic heterocycles. The molecule has 0 saturated carbocycles. The number of ether oxygens (including phenoxy) is 1. The minimum Gasteiger partial charge on any atom is -0.508 e. The predicted octanol–water partition coefficient (Wildman–Crippen LogP) is 3.01. The van der Waals surface area contributed by atoms with E-state index in [9.17, 15) is 20.1 Å². The molecule has 0 amide bonds. The average molecular weight is 411 g/mol. The molecule has 30 heavy (non-hydrogen) atoms. The smallest absolute Gasteiger partial charge is 0.310 e. The van der Waals surface area contributed by atoms with Crippen molar-refractivity contribution in [3.05, 3.63) is 42.0 Å². The Labute approximate surface area is 174 Å². The van der Waals surface area contributed by atoms with Crippen LogP contribution in [0.4, 0.5) is 5.69 Å². The molecule has 0 atom stereocenters. The summed E-state index contributed by atoms with van der Waals surface area (Å²) in [6.07, 6.45) is 0. The van der Waals surface area contributed by atoms with Crippen LogP contribution in [0, 0.1) is 5.41 Å². The molecule has 0 spiro atoms. The van der Waals surface area contributed by atoms with E-state index in [2.05, 4.69) is 9.80 Å². The zero-order chi connectivity index (χ0) is 21.5. The summed E-state index contributed by atoms with van der Waals surface area (Å²) in [6, 6.07) is 9.65. The van der Waals surface area contributed by atoms with E-state index in [4.69, 9.17) is 9.73 Å². The SMILES string of the molecule is CC(C)(CN1CCN(C2=Nc3cc(O)ccc3Oc3ccc(O)cc32)CC1)C(=O)O. The van der Waals surface area contributed by atoms with Crippen molar-refractivity contribution in [1.29, 1.82) is 0 Å². The summed E-state index contributed by atoms with van der Waals surface area (Å²) in [7, 11) is 0. The summed E-state index contributed by atoms with van der Waals surface area (Å²) in [5, 5.41) is 29.3. The number of carboxylic acids is 1. The minimum atomic E-state index is -0.815. The van der Waals surface area contributed by atoms with Crippen LogP contribution in [-0.4, -0.2) is 69.6 Å². The Kier molecular flexibility index (Phi) is 5.03. The topological polar surface area (TPSA) is 106 Å². The maximum atomic E-state index is 11.4. The van der Waals surface area contributed by atoms with Gasteiger partial charge in [-0.3, -0.25) is 9.69 Å². The van der Waals surface area contributed by atoms with E-state index in [1.165, 1.54) is 0 Å². The number of hydrogen-bond acceptors (Lipinski definition) is 7. The molecule has 0 unspecified atom stereocenters. The van der Waals surface area contributed by atoms with Gasteiger partial charge >= 0.3 is 5.97 Å². The van der Waals surface area contributed by atoms with Gasteiger partial charge < -0.3 is 25.0 Å². The molecule has 0 aromatic heterocycles. The van der Waals surface area contributed by atoms with Crippen LogP contribution in [0.3, 0.4) is 0 Å². The molecule has 158 valence electrons. The van der Waals surface area contributed by atoms with Crippen LogP contribution >= 0.6 is 0 Å². The number of fused-ring (bicyclic) bond motifs is 2. The van der Waals surface area contributed by atoms with E-state index in [1.54, 1.807) is 50.2 Å². The van der Waals surface area contributed by atoms with E-state index in [0.717, 1.165) is 0 Å². The highest BCUT2D eigenvalue weighted by molar-refractivity contribution is 6.04. The number of carbonyl (C=O) groups is 1. The van der Waals surface area contributed by atoms with Crippen molar-refractivity contribution in [2.75, 3.05) is 32.7 Å². The summed E-state index contributed by atoms with van der Waals surface area (Å²) in [5.74, 6) is 1.15. The number of carboxylic acid groups (broad SMARTS) is 1. The van der Waals surface area contributed by atoms with Crippen molar-refractivity contribution in [1.82, 2.24) is 9.80 Å². The summed E-state index contributed by atoms with van der Waals surface area (Å²) in [4.78, 5) is 20.5. The molecule has 2 aromatic carbocycles. The van der Waals surface area contributed by atoms with Crippen LogP contribution in [0.2, 0.25) is 0 Å². The number of aromatic hydroxyl groups is 2. The number of nitrogens with zero attached hydrogens (tertiary/aromatic N) is 3. The number of aliphatic carboxylic acids is 1. The highest BCUT2D eigenvalue weighted by Gasteiger charge is 2.32. The van der Waals surface area contributed by atoms with Gasteiger partial charge in [-0.2, -0.15) is 0 Å². The standard InChI is InChI=1S/C22H25N3O5/c1-22(2,21(28)29)13-24-7-9-25(10-8-24)20-16-11-14(26)3-5-18(16)30-19-6-4-15(27)12-17(19)23-20/h3-6,11-12,26-27H,7-10,13H2,1-2H3,(H,28,29). The van der Waals surface area contributed by atoms with Crippen molar-refractivity contribution in [2.24, 2.45) is 10.4 Å². The lowest BCUT2D eigenvalue weighted by Gasteiger charge is -2.38. The molecule has 3 N–H and O–H groups in total. The van der Waals surface area contributed by atoms with Gasteiger partial charge in [0.2, 0.25) is 0 Å². The first-order chi connectivity index (χ1) is 14.2. The lowest BCUT2D eigenvalue weighted by Crippen LogP contribution is -2.52. The van der Waals surface area contributed by atoms with Gasteiger partial charge in [-0.15, -0.1) is 0 Å². The number of piperazine rings is 1. The first-order valence-electron chi connectivity index (χ1n) is 9.86. The molecule has 2 aliphatic rings. The lowest BCUT2D eigenvalue weighted by molar-refractivity contribution is -0.148. The second kappa shape index (κ2) is 7.53. The van der Waals surface area contributed by atoms with Crippen LogP contribution < -0.4 is 4.74 Å². The largest absolute Gasteiger partial charge is 0.508 e. The molecular formula is C22H25N3O5. The molecule has 1 fully saturated rings. The molecule has 4 rings (SSSR count). The molecule has 8 heteroatoms. The van der Waals surface area contributed by atoms with Gasteiger partial charge in [0.25, 0.3) is 0 Å². The van der Waals surface area contributed by atoms with Crippen molar-refractivity contribution in [3.8, 4) is 23.0 Å². The molecule has 2 heterocycles. The Morgan fingerprint density at radius 1 is 1.03 bits per heavy atom. The van der Waals surface area contributed by atoms with Gasteiger partial charge in [-0.1, -0.05) is 0 Å². The van der Waals surface area contributed by atoms with Gasteiger partial charge in [0, 0.05) is 38.8 Å². The Morgan fingerprint density at radius 3 is 2.33 bits per heavy atom. The van der Waals surface area contributed by atoms with Crippen molar-refractivity contribution in [3.63, 3.8) is 0 Å². The van der Waals surface area contributed by atoms with Gasteiger partial charge in [0.15, 0.2) is 5.75 Å². The van der Waals surface area contributed by atoms with Crippen LogP contribution in [0.15, 0.2) is 41.4 Å². The van der Waals surface area contributed by atoms with Crippen molar-refractivity contribution < 1.29 is 24.9 Å². The number of amidine groups is 1. The number of rotatable bonds is 3. The zero-order valence-electron chi connectivity index (χ0n) is 17.0. The fraction of sp³-hybridized carbons (Fsp3) is 0.364. The van der Waals surface area contributed by atoms with Gasteiger partial charge in [0.05, 0.1) is 11.0 Å². The van der Waals surface area contributed by atoms with Crippen LogP contribution in [0.25, 0.3) is 0 Å². The van der Waals surface area contributed by atoms with Crippen molar-refractivity contribution in [2.45, 2.75) is 13.8 Å². The monoisotopic (exact) mass is 411 g/mol. The van der Waals surface area contributed by atoms with E-state index in [0.29, 0.717) is 61.3 Å². The summed E-state index contributed by atoms with van der Waals surface area (Å²) >= 11 is 0. The fourth-order valence-electron chi connectivity index (χ4n) is 3.74. The third-order valence-corrected chi connectivity index (χ3v) is 5.46. The number of benzene rings is 2. The Bertz CT molecular complexity index is 1010. The number of phenolic OH excluding ortho intramolecular Hbond substituents is 2. The Morgan fingerprint density at radius 2 is 1.67 bits per heavy atom. The molecule has 8 nitrogen and oxygen atoms in total. The molecule has 2 aromatic rings.